The number of rotatable bonds is 8. The van der Waals surface area contributed by atoms with Gasteiger partial charge in [0.05, 0.1) is 6.61 Å². The Morgan fingerprint density at radius 1 is 0.889 bits per heavy atom. The van der Waals surface area contributed by atoms with Crippen molar-refractivity contribution < 1.29 is 4.74 Å². The van der Waals surface area contributed by atoms with Gasteiger partial charge in [0.15, 0.2) is 0 Å². The Kier molecular flexibility index (Phi) is 7.05. The van der Waals surface area contributed by atoms with Crippen LogP contribution < -0.4 is 0 Å². The molecule has 0 saturated carbocycles. The summed E-state index contributed by atoms with van der Waals surface area (Å²) in [6.45, 7) is 4.57. The first-order valence-electron chi connectivity index (χ1n) is 9.28. The van der Waals surface area contributed by atoms with Gasteiger partial charge < -0.3 is 4.74 Å². The lowest BCUT2D eigenvalue weighted by Gasteiger charge is -2.22. The third-order valence-corrected chi connectivity index (χ3v) is 4.82. The Hall–Kier alpha value is -2.13. The number of ether oxygens (including phenoxy) is 1. The van der Waals surface area contributed by atoms with E-state index >= 15 is 0 Å². The lowest BCUT2D eigenvalue weighted by atomic mass is 10.0. The van der Waals surface area contributed by atoms with Gasteiger partial charge in [-0.2, -0.15) is 0 Å². The molecule has 0 saturated heterocycles. The van der Waals surface area contributed by atoms with Gasteiger partial charge in [0.1, 0.15) is 6.10 Å². The zero-order valence-electron chi connectivity index (χ0n) is 15.9. The molecule has 1 unspecified atom stereocenters. The van der Waals surface area contributed by atoms with Crippen LogP contribution in [0.4, 0.5) is 0 Å². The molecule has 0 radical (unpaired) electrons. The van der Waals surface area contributed by atoms with E-state index < -0.39 is 0 Å². The third kappa shape index (κ3) is 5.93. The van der Waals surface area contributed by atoms with Crippen molar-refractivity contribution in [1.82, 2.24) is 4.90 Å². The summed E-state index contributed by atoms with van der Waals surface area (Å²) in [7, 11) is 2.13. The van der Waals surface area contributed by atoms with Gasteiger partial charge in [0, 0.05) is 18.1 Å². The van der Waals surface area contributed by atoms with Crippen LogP contribution in [0.1, 0.15) is 28.4 Å². The van der Waals surface area contributed by atoms with Gasteiger partial charge in [-0.3, -0.25) is 4.90 Å². The van der Waals surface area contributed by atoms with E-state index in [0.717, 1.165) is 29.2 Å². The van der Waals surface area contributed by atoms with Gasteiger partial charge in [0.25, 0.3) is 0 Å². The van der Waals surface area contributed by atoms with Gasteiger partial charge in [-0.05, 0) is 42.8 Å². The lowest BCUT2D eigenvalue weighted by molar-refractivity contribution is 0.0635. The Labute approximate surface area is 167 Å². The first-order valence-corrected chi connectivity index (χ1v) is 9.66. The molecule has 140 valence electrons. The van der Waals surface area contributed by atoms with Crippen LogP contribution in [0.2, 0.25) is 5.02 Å². The number of benzene rings is 3. The maximum Gasteiger partial charge on any atom is 0.108 e. The smallest absolute Gasteiger partial charge is 0.108 e. The molecule has 0 bridgehead atoms. The van der Waals surface area contributed by atoms with Gasteiger partial charge in [-0.15, -0.1) is 0 Å². The van der Waals surface area contributed by atoms with Gasteiger partial charge in [-0.1, -0.05) is 83.9 Å². The van der Waals surface area contributed by atoms with Crippen molar-refractivity contribution in [2.45, 2.75) is 19.6 Å². The van der Waals surface area contributed by atoms with Crippen LogP contribution >= 0.6 is 11.6 Å². The molecule has 3 heteroatoms. The van der Waals surface area contributed by atoms with E-state index in [1.807, 2.05) is 42.5 Å². The van der Waals surface area contributed by atoms with E-state index in [2.05, 4.69) is 55.3 Å². The highest BCUT2D eigenvalue weighted by Gasteiger charge is 2.15. The lowest BCUT2D eigenvalue weighted by Crippen LogP contribution is -2.24. The highest BCUT2D eigenvalue weighted by Crippen LogP contribution is 2.27. The van der Waals surface area contributed by atoms with Crippen LogP contribution in [-0.2, 0) is 11.3 Å². The van der Waals surface area contributed by atoms with E-state index in [0.29, 0.717) is 6.61 Å². The molecule has 0 aliphatic rings. The SMILES string of the molecule is Cc1cccc(CN(C)CCOC(c2ccccc2)c2ccc(Cl)cc2)c1. The van der Waals surface area contributed by atoms with Crippen molar-refractivity contribution >= 4 is 11.6 Å². The van der Waals surface area contributed by atoms with E-state index in [-0.39, 0.29) is 6.10 Å². The predicted molar refractivity (Wildman–Crippen MR) is 113 cm³/mol. The Morgan fingerprint density at radius 2 is 1.59 bits per heavy atom. The number of likely N-dealkylation sites (N-methyl/N-ethyl adjacent to an activating group) is 1. The van der Waals surface area contributed by atoms with Crippen molar-refractivity contribution in [2.75, 3.05) is 20.2 Å². The van der Waals surface area contributed by atoms with Gasteiger partial charge in [0.2, 0.25) is 0 Å². The molecule has 27 heavy (non-hydrogen) atoms. The molecule has 0 fully saturated rings. The summed E-state index contributed by atoms with van der Waals surface area (Å²) in [5.74, 6) is 0. The van der Waals surface area contributed by atoms with Gasteiger partial charge >= 0.3 is 0 Å². The topological polar surface area (TPSA) is 12.5 Å². The molecule has 2 nitrogen and oxygen atoms in total. The molecule has 0 heterocycles. The summed E-state index contributed by atoms with van der Waals surface area (Å²) < 4.78 is 6.30. The Bertz CT molecular complexity index is 833. The highest BCUT2D eigenvalue weighted by molar-refractivity contribution is 6.30. The molecule has 0 aliphatic heterocycles. The van der Waals surface area contributed by atoms with Crippen molar-refractivity contribution in [3.8, 4) is 0 Å². The molecule has 0 spiro atoms. The minimum Gasteiger partial charge on any atom is -0.367 e. The van der Waals surface area contributed by atoms with Crippen LogP contribution in [0.15, 0.2) is 78.9 Å². The molecule has 0 aromatic heterocycles. The van der Waals surface area contributed by atoms with Crippen molar-refractivity contribution in [3.63, 3.8) is 0 Å². The molecular formula is C24H26ClNO. The van der Waals surface area contributed by atoms with Crippen molar-refractivity contribution in [2.24, 2.45) is 0 Å². The quantitative estimate of drug-likeness (QED) is 0.484. The normalized spacial score (nSPS) is 12.3. The first kappa shape index (κ1) is 19.6. The molecule has 3 rings (SSSR count). The van der Waals surface area contributed by atoms with Crippen LogP contribution in [0.25, 0.3) is 0 Å². The van der Waals surface area contributed by atoms with E-state index in [1.165, 1.54) is 11.1 Å². The van der Waals surface area contributed by atoms with E-state index in [4.69, 9.17) is 16.3 Å². The van der Waals surface area contributed by atoms with Crippen LogP contribution in [-0.4, -0.2) is 25.1 Å². The molecule has 3 aromatic rings. The maximum atomic E-state index is 6.30. The monoisotopic (exact) mass is 379 g/mol. The summed E-state index contributed by atoms with van der Waals surface area (Å²) in [5, 5.41) is 0.739. The standard InChI is InChI=1S/C24H26ClNO/c1-19-7-6-8-20(17-19)18-26(2)15-16-27-24(21-9-4-3-5-10-21)22-11-13-23(25)14-12-22/h3-14,17,24H,15-16,18H2,1-2H3. The maximum absolute atomic E-state index is 6.30. The molecule has 0 amide bonds. The fourth-order valence-corrected chi connectivity index (χ4v) is 3.30. The summed E-state index contributed by atoms with van der Waals surface area (Å²) >= 11 is 6.05. The van der Waals surface area contributed by atoms with Crippen LogP contribution in [0.5, 0.6) is 0 Å². The number of nitrogens with zero attached hydrogens (tertiary/aromatic N) is 1. The highest BCUT2D eigenvalue weighted by atomic mass is 35.5. The third-order valence-electron chi connectivity index (χ3n) is 4.57. The number of hydrogen-bond donors (Lipinski definition) is 0. The summed E-state index contributed by atoms with van der Waals surface area (Å²) in [5.41, 5.74) is 4.90. The Balaban J connectivity index is 1.62. The fraction of sp³-hybridized carbons (Fsp3) is 0.250. The molecule has 0 N–H and O–H groups in total. The minimum atomic E-state index is -0.0872. The molecule has 1 atom stereocenters. The second-order valence-corrected chi connectivity index (χ2v) is 7.38. The number of hydrogen-bond acceptors (Lipinski definition) is 2. The summed E-state index contributed by atoms with van der Waals surface area (Å²) in [4.78, 5) is 2.29. The first-order chi connectivity index (χ1) is 13.1. The number of aryl methyl sites for hydroxylation is 1. The second kappa shape index (κ2) is 9.70. The Morgan fingerprint density at radius 3 is 2.30 bits per heavy atom. The van der Waals surface area contributed by atoms with Crippen molar-refractivity contribution in [1.29, 1.82) is 0 Å². The summed E-state index contributed by atoms with van der Waals surface area (Å²) in [6, 6.07) is 26.9. The average Bonchev–Trinajstić information content (AvgIpc) is 2.67. The largest absolute Gasteiger partial charge is 0.367 e. The van der Waals surface area contributed by atoms with Crippen LogP contribution in [0.3, 0.4) is 0 Å². The minimum absolute atomic E-state index is 0.0872. The zero-order chi connectivity index (χ0) is 19.1. The van der Waals surface area contributed by atoms with E-state index in [9.17, 15) is 0 Å². The second-order valence-electron chi connectivity index (χ2n) is 6.94. The zero-order valence-corrected chi connectivity index (χ0v) is 16.7. The van der Waals surface area contributed by atoms with Crippen LogP contribution in [0, 0.1) is 6.92 Å². The number of halogens is 1. The van der Waals surface area contributed by atoms with E-state index in [1.54, 1.807) is 0 Å². The fourth-order valence-electron chi connectivity index (χ4n) is 3.18. The molecule has 0 aliphatic carbocycles. The van der Waals surface area contributed by atoms with Crippen molar-refractivity contribution in [3.05, 3.63) is 106 Å². The predicted octanol–water partition coefficient (Wildman–Crippen LogP) is 5.89. The van der Waals surface area contributed by atoms with Gasteiger partial charge in [-0.25, -0.2) is 0 Å². The molecule has 3 aromatic carbocycles. The summed E-state index contributed by atoms with van der Waals surface area (Å²) in [6.07, 6.45) is -0.0872. The average molecular weight is 380 g/mol. The molecular weight excluding hydrogens is 354 g/mol.